The Labute approximate surface area is 100.0 Å². The van der Waals surface area contributed by atoms with Gasteiger partial charge in [0, 0.05) is 25.2 Å². The molecule has 2 nitrogen and oxygen atoms in total. The maximum Gasteiger partial charge on any atom is 0.00966 e. The highest BCUT2D eigenvalue weighted by molar-refractivity contribution is 4.98. The van der Waals surface area contributed by atoms with Gasteiger partial charge in [0.2, 0.25) is 0 Å². The first-order valence-corrected chi connectivity index (χ1v) is 7.17. The first-order chi connectivity index (χ1) is 7.69. The monoisotopic (exact) mass is 222 g/mol. The van der Waals surface area contributed by atoms with Gasteiger partial charge in [-0.2, -0.15) is 0 Å². The van der Waals surface area contributed by atoms with Crippen molar-refractivity contribution < 1.29 is 0 Å². The summed E-state index contributed by atoms with van der Waals surface area (Å²) >= 11 is 0. The van der Waals surface area contributed by atoms with E-state index in [0.717, 1.165) is 12.1 Å². The molecule has 0 N–H and O–H groups in total. The first kappa shape index (κ1) is 11.0. The van der Waals surface area contributed by atoms with Crippen LogP contribution in [0.2, 0.25) is 0 Å². The van der Waals surface area contributed by atoms with Gasteiger partial charge in [-0.15, -0.1) is 0 Å². The van der Waals surface area contributed by atoms with E-state index in [-0.39, 0.29) is 0 Å². The molecule has 2 saturated heterocycles. The summed E-state index contributed by atoms with van der Waals surface area (Å²) in [4.78, 5) is 5.49. The Morgan fingerprint density at radius 1 is 1.06 bits per heavy atom. The van der Waals surface area contributed by atoms with E-state index in [1.165, 1.54) is 58.3 Å². The smallest absolute Gasteiger partial charge is 0.00966 e. The van der Waals surface area contributed by atoms with E-state index < -0.39 is 0 Å². The van der Waals surface area contributed by atoms with E-state index in [4.69, 9.17) is 0 Å². The van der Waals surface area contributed by atoms with Crippen LogP contribution in [0.15, 0.2) is 0 Å². The van der Waals surface area contributed by atoms with E-state index in [2.05, 4.69) is 23.6 Å². The minimum Gasteiger partial charge on any atom is -0.300 e. The number of piperidine rings is 1. The predicted molar refractivity (Wildman–Crippen MR) is 67.6 cm³/mol. The van der Waals surface area contributed by atoms with Gasteiger partial charge in [-0.05, 0) is 64.5 Å². The fourth-order valence-corrected chi connectivity index (χ4v) is 3.74. The van der Waals surface area contributed by atoms with Crippen LogP contribution in [0.3, 0.4) is 0 Å². The van der Waals surface area contributed by atoms with Crippen molar-refractivity contribution >= 4 is 0 Å². The normalized spacial score (nSPS) is 37.7. The van der Waals surface area contributed by atoms with E-state index in [9.17, 15) is 0 Å². The highest BCUT2D eigenvalue weighted by Gasteiger charge is 2.44. The van der Waals surface area contributed by atoms with E-state index in [1.807, 2.05) is 0 Å². The van der Waals surface area contributed by atoms with E-state index in [1.54, 1.807) is 0 Å². The molecule has 1 spiro atoms. The Kier molecular flexibility index (Phi) is 2.75. The predicted octanol–water partition coefficient (Wildman–Crippen LogP) is 2.35. The van der Waals surface area contributed by atoms with Gasteiger partial charge in [0.05, 0.1) is 0 Å². The van der Waals surface area contributed by atoms with Crippen LogP contribution in [0.4, 0.5) is 0 Å². The summed E-state index contributed by atoms with van der Waals surface area (Å²) in [5.74, 6) is 0. The fourth-order valence-electron chi connectivity index (χ4n) is 3.74. The number of hydrogen-bond donors (Lipinski definition) is 0. The van der Waals surface area contributed by atoms with Crippen LogP contribution >= 0.6 is 0 Å². The molecule has 2 heterocycles. The van der Waals surface area contributed by atoms with Crippen LogP contribution < -0.4 is 0 Å². The Hall–Kier alpha value is -0.0800. The van der Waals surface area contributed by atoms with Gasteiger partial charge < -0.3 is 4.90 Å². The first-order valence-electron chi connectivity index (χ1n) is 7.17. The van der Waals surface area contributed by atoms with Crippen LogP contribution in [0.5, 0.6) is 0 Å². The molecule has 2 aliphatic heterocycles. The molecule has 3 fully saturated rings. The van der Waals surface area contributed by atoms with Gasteiger partial charge in [-0.3, -0.25) is 4.90 Å². The Morgan fingerprint density at radius 2 is 1.88 bits per heavy atom. The van der Waals surface area contributed by atoms with Crippen molar-refractivity contribution in [3.63, 3.8) is 0 Å². The fraction of sp³-hybridized carbons (Fsp3) is 1.00. The van der Waals surface area contributed by atoms with Gasteiger partial charge in [-0.1, -0.05) is 0 Å². The van der Waals surface area contributed by atoms with Crippen LogP contribution in [0.25, 0.3) is 0 Å². The molecule has 3 aliphatic rings. The zero-order chi connectivity index (χ0) is 11.2. The average Bonchev–Trinajstić information content (AvgIpc) is 3.03. The van der Waals surface area contributed by atoms with Crippen molar-refractivity contribution in [2.24, 2.45) is 5.41 Å². The quantitative estimate of drug-likeness (QED) is 0.707. The second-order valence-electron chi connectivity index (χ2n) is 6.62. The molecule has 0 aromatic heterocycles. The summed E-state index contributed by atoms with van der Waals surface area (Å²) in [5, 5.41) is 0. The zero-order valence-electron chi connectivity index (χ0n) is 10.9. The molecule has 1 saturated carbocycles. The maximum atomic E-state index is 2.80. The van der Waals surface area contributed by atoms with Crippen LogP contribution in [-0.4, -0.2) is 48.1 Å². The summed E-state index contributed by atoms with van der Waals surface area (Å²) in [6.07, 6.45) is 7.34. The third kappa shape index (κ3) is 2.02. The maximum absolute atomic E-state index is 2.80. The lowest BCUT2D eigenvalue weighted by Gasteiger charge is -2.41. The standard InChI is InChI=1S/C14H26N2/c1-12(2)15-9-7-14(10-15)6-3-8-16(11-14)13-4-5-13/h12-13H,3-11H2,1-2H3. The second-order valence-corrected chi connectivity index (χ2v) is 6.62. The SMILES string of the molecule is CC(C)N1CCC2(CCCN(C3CC3)C2)C1. The highest BCUT2D eigenvalue weighted by Crippen LogP contribution is 2.42. The Morgan fingerprint density at radius 3 is 2.50 bits per heavy atom. The summed E-state index contributed by atoms with van der Waals surface area (Å²) < 4.78 is 0. The van der Waals surface area contributed by atoms with Crippen molar-refractivity contribution in [1.82, 2.24) is 9.80 Å². The van der Waals surface area contributed by atoms with Crippen LogP contribution in [0.1, 0.15) is 46.0 Å². The summed E-state index contributed by atoms with van der Waals surface area (Å²) in [7, 11) is 0. The molecule has 1 aliphatic carbocycles. The topological polar surface area (TPSA) is 6.48 Å². The molecule has 2 heteroatoms. The molecule has 0 bridgehead atoms. The van der Waals surface area contributed by atoms with Gasteiger partial charge in [-0.25, -0.2) is 0 Å². The third-order valence-corrected chi connectivity index (χ3v) is 4.95. The lowest BCUT2D eigenvalue weighted by molar-refractivity contribution is 0.0833. The molecule has 0 amide bonds. The van der Waals surface area contributed by atoms with E-state index >= 15 is 0 Å². The molecule has 92 valence electrons. The molecular weight excluding hydrogens is 196 g/mol. The lowest BCUT2D eigenvalue weighted by Crippen LogP contribution is -2.46. The van der Waals surface area contributed by atoms with E-state index in [0.29, 0.717) is 5.41 Å². The van der Waals surface area contributed by atoms with Crippen LogP contribution in [0, 0.1) is 5.41 Å². The minimum absolute atomic E-state index is 0.672. The van der Waals surface area contributed by atoms with Crippen molar-refractivity contribution in [3.05, 3.63) is 0 Å². The molecule has 0 aromatic carbocycles. The summed E-state index contributed by atoms with van der Waals surface area (Å²) in [6, 6.07) is 1.72. The van der Waals surface area contributed by atoms with Gasteiger partial charge in [0.1, 0.15) is 0 Å². The van der Waals surface area contributed by atoms with Gasteiger partial charge in [0.25, 0.3) is 0 Å². The molecule has 1 unspecified atom stereocenters. The largest absolute Gasteiger partial charge is 0.300 e. The number of rotatable bonds is 2. The van der Waals surface area contributed by atoms with Crippen molar-refractivity contribution in [3.8, 4) is 0 Å². The van der Waals surface area contributed by atoms with Crippen LogP contribution in [-0.2, 0) is 0 Å². The molecule has 3 rings (SSSR count). The average molecular weight is 222 g/mol. The molecule has 0 radical (unpaired) electrons. The van der Waals surface area contributed by atoms with Crippen molar-refractivity contribution in [2.45, 2.75) is 58.0 Å². The Bertz CT molecular complexity index is 259. The number of likely N-dealkylation sites (tertiary alicyclic amines) is 2. The zero-order valence-corrected chi connectivity index (χ0v) is 10.9. The molecular formula is C14H26N2. The number of nitrogens with zero attached hydrogens (tertiary/aromatic N) is 2. The van der Waals surface area contributed by atoms with Crippen molar-refractivity contribution in [1.29, 1.82) is 0 Å². The third-order valence-electron chi connectivity index (χ3n) is 4.95. The Balaban J connectivity index is 1.64. The van der Waals surface area contributed by atoms with Crippen molar-refractivity contribution in [2.75, 3.05) is 26.2 Å². The van der Waals surface area contributed by atoms with Gasteiger partial charge in [0.15, 0.2) is 0 Å². The summed E-state index contributed by atoms with van der Waals surface area (Å²) in [6.45, 7) is 10.2. The minimum atomic E-state index is 0.672. The highest BCUT2D eigenvalue weighted by atomic mass is 15.2. The second kappa shape index (κ2) is 3.99. The molecule has 16 heavy (non-hydrogen) atoms. The summed E-state index contributed by atoms with van der Waals surface area (Å²) in [5.41, 5.74) is 0.672. The molecule has 1 atom stereocenters. The molecule has 0 aromatic rings. The van der Waals surface area contributed by atoms with Gasteiger partial charge >= 0.3 is 0 Å². The number of hydrogen-bond acceptors (Lipinski definition) is 2. The lowest BCUT2D eigenvalue weighted by atomic mass is 9.79.